The third kappa shape index (κ3) is 10.1. The fourth-order valence-corrected chi connectivity index (χ4v) is 3.80. The molecule has 0 spiro atoms. The number of unbranched alkanes of at least 4 members (excludes halogenated alkanes) is 6. The molecule has 0 bridgehead atoms. The molecule has 0 fully saturated rings. The predicted octanol–water partition coefficient (Wildman–Crippen LogP) is 8.17. The number of benzene rings is 2. The molecule has 2 aromatic rings. The smallest absolute Gasteiger partial charge is 0.0408 e. The van der Waals surface area contributed by atoms with Crippen molar-refractivity contribution < 1.29 is 0 Å². The largest absolute Gasteiger partial charge is 0.299 e. The van der Waals surface area contributed by atoms with Crippen LogP contribution in [0, 0.1) is 0 Å². The molecule has 0 aliphatic carbocycles. The van der Waals surface area contributed by atoms with Gasteiger partial charge in [0.25, 0.3) is 0 Å². The van der Waals surface area contributed by atoms with Crippen LogP contribution in [0.15, 0.2) is 54.6 Å². The fraction of sp³-hybridized carbons (Fsp3) is 0.481. The van der Waals surface area contributed by atoms with Crippen molar-refractivity contribution in [2.24, 2.45) is 0 Å². The molecule has 1 nitrogen and oxygen atoms in total. The highest BCUT2D eigenvalue weighted by Crippen LogP contribution is 2.14. The summed E-state index contributed by atoms with van der Waals surface area (Å²) >= 11 is 6.10. The average molecular weight is 412 g/mol. The van der Waals surface area contributed by atoms with Crippen LogP contribution < -0.4 is 0 Å². The van der Waals surface area contributed by atoms with Crippen LogP contribution in [-0.4, -0.2) is 18.0 Å². The Hall–Kier alpha value is -1.57. The van der Waals surface area contributed by atoms with Crippen molar-refractivity contribution in [3.63, 3.8) is 0 Å². The van der Waals surface area contributed by atoms with E-state index in [0.717, 1.165) is 31.1 Å². The van der Waals surface area contributed by atoms with Gasteiger partial charge in [0.2, 0.25) is 0 Å². The average Bonchev–Trinajstić information content (AvgIpc) is 2.74. The van der Waals surface area contributed by atoms with Gasteiger partial charge in [-0.15, -0.1) is 0 Å². The van der Waals surface area contributed by atoms with Crippen LogP contribution in [0.25, 0.3) is 6.08 Å². The van der Waals surface area contributed by atoms with Gasteiger partial charge in [-0.1, -0.05) is 106 Å². The van der Waals surface area contributed by atoms with Crippen molar-refractivity contribution in [3.8, 4) is 0 Å². The van der Waals surface area contributed by atoms with Gasteiger partial charge in [-0.3, -0.25) is 4.90 Å². The van der Waals surface area contributed by atoms with Gasteiger partial charge < -0.3 is 0 Å². The molecule has 0 atom stereocenters. The molecule has 29 heavy (non-hydrogen) atoms. The standard InChI is InChI=1S/C27H38ClN/c1-3-5-6-7-8-9-10-11-13-24-16-18-26(19-17-24)23-29(4-2)21-20-25-14-12-15-27(28)22-25/h11-19,22H,3-10,20-21,23H2,1-2H3. The zero-order chi connectivity index (χ0) is 20.7. The maximum Gasteiger partial charge on any atom is 0.0408 e. The summed E-state index contributed by atoms with van der Waals surface area (Å²) in [6.45, 7) is 7.61. The SMILES string of the molecule is CCCCCCCCC=Cc1ccc(CN(CC)CCc2cccc(Cl)c2)cc1. The van der Waals surface area contributed by atoms with Crippen LogP contribution in [0.5, 0.6) is 0 Å². The molecule has 158 valence electrons. The van der Waals surface area contributed by atoms with Gasteiger partial charge >= 0.3 is 0 Å². The lowest BCUT2D eigenvalue weighted by Crippen LogP contribution is -2.25. The van der Waals surface area contributed by atoms with Gasteiger partial charge in [-0.2, -0.15) is 0 Å². The summed E-state index contributed by atoms with van der Waals surface area (Å²) in [5.74, 6) is 0. The molecule has 2 rings (SSSR count). The Labute approximate surface area is 183 Å². The minimum atomic E-state index is 0.825. The van der Waals surface area contributed by atoms with Crippen molar-refractivity contribution in [1.29, 1.82) is 0 Å². The highest BCUT2D eigenvalue weighted by Gasteiger charge is 2.05. The minimum absolute atomic E-state index is 0.825. The predicted molar refractivity (Wildman–Crippen MR) is 130 cm³/mol. The Bertz CT molecular complexity index is 705. The molecule has 0 N–H and O–H groups in total. The number of allylic oxidation sites excluding steroid dienone is 1. The molecule has 0 amide bonds. The van der Waals surface area contributed by atoms with Gasteiger partial charge in [0, 0.05) is 18.1 Å². The number of hydrogen-bond donors (Lipinski definition) is 0. The number of hydrogen-bond acceptors (Lipinski definition) is 1. The first kappa shape index (κ1) is 23.7. The van der Waals surface area contributed by atoms with Crippen molar-refractivity contribution in [2.75, 3.05) is 13.1 Å². The maximum atomic E-state index is 6.10. The number of nitrogens with zero attached hydrogens (tertiary/aromatic N) is 1. The van der Waals surface area contributed by atoms with Gasteiger partial charge in [-0.25, -0.2) is 0 Å². The molecule has 0 aliphatic heterocycles. The molecular formula is C27H38ClN. The summed E-state index contributed by atoms with van der Waals surface area (Å²) in [5, 5.41) is 0.825. The van der Waals surface area contributed by atoms with E-state index in [1.807, 2.05) is 12.1 Å². The zero-order valence-corrected chi connectivity index (χ0v) is 19.1. The first-order valence-corrected chi connectivity index (χ1v) is 11.8. The highest BCUT2D eigenvalue weighted by molar-refractivity contribution is 6.30. The van der Waals surface area contributed by atoms with Gasteiger partial charge in [0.1, 0.15) is 0 Å². The Morgan fingerprint density at radius 1 is 0.862 bits per heavy atom. The van der Waals surface area contributed by atoms with E-state index < -0.39 is 0 Å². The first-order chi connectivity index (χ1) is 14.2. The lowest BCUT2D eigenvalue weighted by molar-refractivity contribution is 0.283. The number of likely N-dealkylation sites (N-methyl/N-ethyl adjacent to an activating group) is 1. The van der Waals surface area contributed by atoms with Crippen molar-refractivity contribution in [2.45, 2.75) is 71.8 Å². The van der Waals surface area contributed by atoms with Crippen LogP contribution >= 0.6 is 11.6 Å². The van der Waals surface area contributed by atoms with Crippen LogP contribution in [0.4, 0.5) is 0 Å². The molecule has 2 aromatic carbocycles. The molecule has 0 saturated heterocycles. The van der Waals surface area contributed by atoms with Crippen LogP contribution in [0.2, 0.25) is 5.02 Å². The normalized spacial score (nSPS) is 11.6. The quantitative estimate of drug-likeness (QED) is 0.283. The Morgan fingerprint density at radius 2 is 1.62 bits per heavy atom. The molecular weight excluding hydrogens is 374 g/mol. The summed E-state index contributed by atoms with van der Waals surface area (Å²) in [6.07, 6.45) is 15.0. The van der Waals surface area contributed by atoms with Crippen LogP contribution in [0.3, 0.4) is 0 Å². The second-order valence-corrected chi connectivity index (χ2v) is 8.39. The third-order valence-corrected chi connectivity index (χ3v) is 5.71. The van der Waals surface area contributed by atoms with Crippen molar-refractivity contribution in [1.82, 2.24) is 4.90 Å². The highest BCUT2D eigenvalue weighted by atomic mass is 35.5. The van der Waals surface area contributed by atoms with E-state index in [4.69, 9.17) is 11.6 Å². The minimum Gasteiger partial charge on any atom is -0.299 e. The van der Waals surface area contributed by atoms with E-state index in [0.29, 0.717) is 0 Å². The number of halogens is 1. The Kier molecular flexibility index (Phi) is 11.8. The summed E-state index contributed by atoms with van der Waals surface area (Å²) in [4.78, 5) is 2.49. The Balaban J connectivity index is 1.71. The summed E-state index contributed by atoms with van der Waals surface area (Å²) in [6, 6.07) is 17.2. The van der Waals surface area contributed by atoms with Crippen LogP contribution in [0.1, 0.15) is 75.5 Å². The summed E-state index contributed by atoms with van der Waals surface area (Å²) in [7, 11) is 0. The molecule has 0 saturated carbocycles. The van der Waals surface area contributed by atoms with E-state index >= 15 is 0 Å². The molecule has 0 radical (unpaired) electrons. The van der Waals surface area contributed by atoms with Crippen LogP contribution in [-0.2, 0) is 13.0 Å². The second kappa shape index (κ2) is 14.4. The lowest BCUT2D eigenvalue weighted by atomic mass is 10.1. The van der Waals surface area contributed by atoms with E-state index in [1.54, 1.807) is 0 Å². The zero-order valence-electron chi connectivity index (χ0n) is 18.4. The fourth-order valence-electron chi connectivity index (χ4n) is 3.58. The van der Waals surface area contributed by atoms with E-state index in [-0.39, 0.29) is 0 Å². The first-order valence-electron chi connectivity index (χ1n) is 11.4. The molecule has 0 aliphatic rings. The Morgan fingerprint density at radius 3 is 2.34 bits per heavy atom. The molecule has 0 unspecified atom stereocenters. The monoisotopic (exact) mass is 411 g/mol. The van der Waals surface area contributed by atoms with Crippen molar-refractivity contribution in [3.05, 3.63) is 76.3 Å². The van der Waals surface area contributed by atoms with Gasteiger partial charge in [0.15, 0.2) is 0 Å². The second-order valence-electron chi connectivity index (χ2n) is 7.95. The van der Waals surface area contributed by atoms with E-state index in [1.165, 1.54) is 61.6 Å². The van der Waals surface area contributed by atoms with Crippen molar-refractivity contribution >= 4 is 17.7 Å². The van der Waals surface area contributed by atoms with Gasteiger partial charge in [-0.05, 0) is 54.6 Å². The van der Waals surface area contributed by atoms with E-state index in [9.17, 15) is 0 Å². The lowest BCUT2D eigenvalue weighted by Gasteiger charge is -2.20. The topological polar surface area (TPSA) is 3.24 Å². The molecule has 2 heteroatoms. The summed E-state index contributed by atoms with van der Waals surface area (Å²) in [5.41, 5.74) is 3.99. The third-order valence-electron chi connectivity index (χ3n) is 5.47. The van der Waals surface area contributed by atoms with E-state index in [2.05, 4.69) is 67.3 Å². The molecule has 0 heterocycles. The summed E-state index contributed by atoms with van der Waals surface area (Å²) < 4.78 is 0. The van der Waals surface area contributed by atoms with Gasteiger partial charge in [0.05, 0.1) is 0 Å². The molecule has 0 aromatic heterocycles. The number of rotatable bonds is 14. The maximum absolute atomic E-state index is 6.10.